The number of carboxylic acids is 1. The second-order valence-corrected chi connectivity index (χ2v) is 4.08. The Morgan fingerprint density at radius 3 is 2.53 bits per heavy atom. The minimum atomic E-state index is -0.868. The molecule has 0 saturated heterocycles. The molecule has 2 rings (SSSR count). The zero-order valence-corrected chi connectivity index (χ0v) is 8.57. The molecule has 0 unspecified atom stereocenters. The first-order valence-electron chi connectivity index (χ1n) is 5.28. The molecule has 1 aromatic carbocycles. The van der Waals surface area contributed by atoms with Gasteiger partial charge in [-0.3, -0.25) is 0 Å². The molecule has 0 bridgehead atoms. The molecule has 1 fully saturated rings. The van der Waals surface area contributed by atoms with Gasteiger partial charge in [0.15, 0.2) is 0 Å². The van der Waals surface area contributed by atoms with E-state index in [-0.39, 0.29) is 0 Å². The van der Waals surface area contributed by atoms with Crippen molar-refractivity contribution < 1.29 is 9.90 Å². The topological polar surface area (TPSA) is 49.3 Å². The molecule has 3 nitrogen and oxygen atoms in total. The summed E-state index contributed by atoms with van der Waals surface area (Å²) in [5.74, 6) is 0.00998. The Labute approximate surface area is 89.1 Å². The summed E-state index contributed by atoms with van der Waals surface area (Å²) < 4.78 is 0. The minimum Gasteiger partial charge on any atom is -0.478 e. The molecule has 1 aliphatic carbocycles. The van der Waals surface area contributed by atoms with Gasteiger partial charge in [-0.05, 0) is 43.0 Å². The highest BCUT2D eigenvalue weighted by Gasteiger charge is 2.19. The summed E-state index contributed by atoms with van der Waals surface area (Å²) >= 11 is 0. The molecule has 0 aromatic heterocycles. The molecule has 1 aromatic rings. The van der Waals surface area contributed by atoms with Crippen LogP contribution in [0.25, 0.3) is 0 Å². The molecule has 0 atom stereocenters. The van der Waals surface area contributed by atoms with Crippen LogP contribution in [0, 0.1) is 5.92 Å². The summed E-state index contributed by atoms with van der Waals surface area (Å²) in [4.78, 5) is 10.6. The number of rotatable bonds is 5. The van der Waals surface area contributed by atoms with Crippen LogP contribution in [0.5, 0.6) is 0 Å². The minimum absolute atomic E-state index is 0.348. The summed E-state index contributed by atoms with van der Waals surface area (Å²) in [7, 11) is 0. The van der Waals surface area contributed by atoms with Gasteiger partial charge < -0.3 is 10.4 Å². The van der Waals surface area contributed by atoms with E-state index in [0.717, 1.165) is 24.6 Å². The predicted molar refractivity (Wildman–Crippen MR) is 57.8 cm³/mol. The third kappa shape index (κ3) is 3.06. The fraction of sp³-hybridized carbons (Fsp3) is 0.417. The van der Waals surface area contributed by atoms with Gasteiger partial charge in [0.1, 0.15) is 0 Å². The zero-order valence-electron chi connectivity index (χ0n) is 8.57. The van der Waals surface area contributed by atoms with Crippen LogP contribution in [-0.2, 0) is 6.54 Å². The Morgan fingerprint density at radius 2 is 2.00 bits per heavy atom. The fourth-order valence-electron chi connectivity index (χ4n) is 1.51. The first-order chi connectivity index (χ1) is 7.25. The third-order valence-electron chi connectivity index (χ3n) is 2.66. The van der Waals surface area contributed by atoms with E-state index in [9.17, 15) is 4.79 Å². The highest BCUT2D eigenvalue weighted by molar-refractivity contribution is 5.87. The Bertz CT molecular complexity index is 341. The maximum atomic E-state index is 10.6. The molecule has 15 heavy (non-hydrogen) atoms. The third-order valence-corrected chi connectivity index (χ3v) is 2.66. The van der Waals surface area contributed by atoms with E-state index < -0.39 is 5.97 Å². The molecule has 2 N–H and O–H groups in total. The number of benzene rings is 1. The number of aromatic carboxylic acids is 1. The van der Waals surface area contributed by atoms with Crippen LogP contribution in [0.4, 0.5) is 0 Å². The van der Waals surface area contributed by atoms with Gasteiger partial charge in [0, 0.05) is 6.54 Å². The lowest BCUT2D eigenvalue weighted by atomic mass is 10.1. The normalized spacial score (nSPS) is 15.2. The average Bonchev–Trinajstić information content (AvgIpc) is 3.02. The molecule has 0 aliphatic heterocycles. The molecule has 0 spiro atoms. The van der Waals surface area contributed by atoms with Crippen molar-refractivity contribution in [3.05, 3.63) is 35.4 Å². The molecular weight excluding hydrogens is 190 g/mol. The Morgan fingerprint density at radius 1 is 1.33 bits per heavy atom. The zero-order chi connectivity index (χ0) is 10.7. The lowest BCUT2D eigenvalue weighted by Crippen LogP contribution is -2.16. The number of carboxylic acid groups (broad SMARTS) is 1. The Hall–Kier alpha value is -1.35. The van der Waals surface area contributed by atoms with Gasteiger partial charge >= 0.3 is 5.97 Å². The van der Waals surface area contributed by atoms with Crippen molar-refractivity contribution in [3.8, 4) is 0 Å². The standard InChI is InChI=1S/C12H15NO2/c14-12(15)11-5-3-10(4-6-11)8-13-7-9-1-2-9/h3-6,9,13H,1-2,7-8H2,(H,14,15). The van der Waals surface area contributed by atoms with E-state index in [4.69, 9.17) is 5.11 Å². The van der Waals surface area contributed by atoms with Gasteiger partial charge in [0.05, 0.1) is 5.56 Å². The van der Waals surface area contributed by atoms with Crippen molar-refractivity contribution in [3.63, 3.8) is 0 Å². The van der Waals surface area contributed by atoms with E-state index in [2.05, 4.69) is 5.32 Å². The predicted octanol–water partition coefficient (Wildman–Crippen LogP) is 1.88. The molecule has 0 heterocycles. The summed E-state index contributed by atoms with van der Waals surface area (Å²) in [6.07, 6.45) is 2.70. The number of nitrogens with one attached hydrogen (secondary N) is 1. The number of hydrogen-bond donors (Lipinski definition) is 2. The van der Waals surface area contributed by atoms with Crippen molar-refractivity contribution >= 4 is 5.97 Å². The van der Waals surface area contributed by atoms with Gasteiger partial charge in [-0.1, -0.05) is 12.1 Å². The lowest BCUT2D eigenvalue weighted by Gasteiger charge is -2.03. The maximum absolute atomic E-state index is 10.6. The Kier molecular flexibility index (Phi) is 3.02. The van der Waals surface area contributed by atoms with Crippen LogP contribution < -0.4 is 5.32 Å². The first-order valence-corrected chi connectivity index (χ1v) is 5.28. The van der Waals surface area contributed by atoms with Crippen LogP contribution in [0.2, 0.25) is 0 Å². The first kappa shape index (κ1) is 10.2. The van der Waals surface area contributed by atoms with Gasteiger partial charge in [0.25, 0.3) is 0 Å². The van der Waals surface area contributed by atoms with Gasteiger partial charge in [-0.2, -0.15) is 0 Å². The fourth-order valence-corrected chi connectivity index (χ4v) is 1.51. The SMILES string of the molecule is O=C(O)c1ccc(CNCC2CC2)cc1. The molecule has 1 saturated carbocycles. The van der Waals surface area contributed by atoms with Crippen LogP contribution >= 0.6 is 0 Å². The second-order valence-electron chi connectivity index (χ2n) is 4.08. The number of hydrogen-bond acceptors (Lipinski definition) is 2. The highest BCUT2D eigenvalue weighted by atomic mass is 16.4. The molecule has 1 aliphatic rings. The van der Waals surface area contributed by atoms with Crippen LogP contribution in [0.15, 0.2) is 24.3 Å². The van der Waals surface area contributed by atoms with Crippen molar-refractivity contribution in [1.82, 2.24) is 5.32 Å². The second kappa shape index (κ2) is 4.45. The molecule has 3 heteroatoms. The number of carbonyl (C=O) groups is 1. The van der Waals surface area contributed by atoms with Crippen LogP contribution in [-0.4, -0.2) is 17.6 Å². The van der Waals surface area contributed by atoms with Crippen molar-refractivity contribution in [2.45, 2.75) is 19.4 Å². The van der Waals surface area contributed by atoms with Gasteiger partial charge in [-0.15, -0.1) is 0 Å². The quantitative estimate of drug-likeness (QED) is 0.771. The summed E-state index contributed by atoms with van der Waals surface area (Å²) in [5.41, 5.74) is 1.49. The maximum Gasteiger partial charge on any atom is 0.335 e. The molecule has 0 amide bonds. The van der Waals surface area contributed by atoms with Gasteiger partial charge in [-0.25, -0.2) is 4.79 Å². The highest BCUT2D eigenvalue weighted by Crippen LogP contribution is 2.27. The van der Waals surface area contributed by atoms with Crippen molar-refractivity contribution in [2.75, 3.05) is 6.54 Å². The van der Waals surface area contributed by atoms with E-state index in [0.29, 0.717) is 5.56 Å². The van der Waals surface area contributed by atoms with Gasteiger partial charge in [0.2, 0.25) is 0 Å². The largest absolute Gasteiger partial charge is 0.478 e. The van der Waals surface area contributed by atoms with E-state index in [1.54, 1.807) is 12.1 Å². The van der Waals surface area contributed by atoms with E-state index in [1.807, 2.05) is 12.1 Å². The van der Waals surface area contributed by atoms with E-state index in [1.165, 1.54) is 12.8 Å². The molecule has 80 valence electrons. The monoisotopic (exact) mass is 205 g/mol. The van der Waals surface area contributed by atoms with Crippen LogP contribution in [0.1, 0.15) is 28.8 Å². The smallest absolute Gasteiger partial charge is 0.335 e. The van der Waals surface area contributed by atoms with E-state index >= 15 is 0 Å². The summed E-state index contributed by atoms with van der Waals surface area (Å²) in [5, 5.41) is 12.1. The van der Waals surface area contributed by atoms with Crippen molar-refractivity contribution in [2.24, 2.45) is 5.92 Å². The van der Waals surface area contributed by atoms with Crippen molar-refractivity contribution in [1.29, 1.82) is 0 Å². The molecule has 0 radical (unpaired) electrons. The van der Waals surface area contributed by atoms with Crippen LogP contribution in [0.3, 0.4) is 0 Å². The summed E-state index contributed by atoms with van der Waals surface area (Å²) in [6.45, 7) is 1.91. The summed E-state index contributed by atoms with van der Waals surface area (Å²) in [6, 6.07) is 7.03. The lowest BCUT2D eigenvalue weighted by molar-refractivity contribution is 0.0697. The average molecular weight is 205 g/mol. The Balaban J connectivity index is 1.83. The molecular formula is C12H15NO2.